The summed E-state index contributed by atoms with van der Waals surface area (Å²) in [7, 11) is 0. The van der Waals surface area contributed by atoms with Gasteiger partial charge < -0.3 is 9.59 Å². The molecule has 0 radical (unpaired) electrons. The minimum absolute atomic E-state index is 0.342. The molecule has 0 aromatic rings. The van der Waals surface area contributed by atoms with Crippen molar-refractivity contribution >= 4 is 12.1 Å². The molecule has 178 valence electrons. The second-order valence-corrected chi connectivity index (χ2v) is 9.81. The summed E-state index contributed by atoms with van der Waals surface area (Å²) in [6.45, 7) is 4.14. The zero-order valence-electron chi connectivity index (χ0n) is 20.7. The van der Waals surface area contributed by atoms with E-state index in [4.69, 9.17) is 0 Å². The highest BCUT2D eigenvalue weighted by Crippen LogP contribution is 2.19. The van der Waals surface area contributed by atoms with Crippen molar-refractivity contribution in [3.63, 3.8) is 0 Å². The Bertz CT molecular complexity index is 364. The lowest BCUT2D eigenvalue weighted by Gasteiger charge is -2.11. The highest BCUT2D eigenvalue weighted by molar-refractivity contribution is 5.75. The first-order chi connectivity index (χ1) is 14.7. The number of Topliss-reactive ketones (excluding diaryl/α,β-unsaturated/α-hetero) is 1. The van der Waals surface area contributed by atoms with Crippen LogP contribution >= 0.6 is 0 Å². The fourth-order valence-corrected chi connectivity index (χ4v) is 4.38. The van der Waals surface area contributed by atoms with Crippen LogP contribution in [-0.4, -0.2) is 12.1 Å². The SMILES string of the molecule is CC(=O)CCCCCCCCC(C)CCCCCCCCCCCCCCCC=O. The van der Waals surface area contributed by atoms with Crippen molar-refractivity contribution in [1.82, 2.24) is 0 Å². The van der Waals surface area contributed by atoms with E-state index in [1.165, 1.54) is 122 Å². The number of aldehydes is 1. The van der Waals surface area contributed by atoms with Crippen molar-refractivity contribution in [2.75, 3.05) is 0 Å². The van der Waals surface area contributed by atoms with Crippen LogP contribution in [0.5, 0.6) is 0 Å². The number of hydrogen-bond acceptors (Lipinski definition) is 2. The minimum atomic E-state index is 0.342. The summed E-state index contributed by atoms with van der Waals surface area (Å²) in [6, 6.07) is 0. The molecule has 30 heavy (non-hydrogen) atoms. The molecule has 0 spiro atoms. The van der Waals surface area contributed by atoms with Gasteiger partial charge >= 0.3 is 0 Å². The van der Waals surface area contributed by atoms with Crippen LogP contribution in [0.15, 0.2) is 0 Å². The molecule has 0 aliphatic heterocycles. The molecule has 0 heterocycles. The van der Waals surface area contributed by atoms with Gasteiger partial charge in [-0.25, -0.2) is 0 Å². The Morgan fingerprint density at radius 3 is 1.27 bits per heavy atom. The van der Waals surface area contributed by atoms with Gasteiger partial charge in [0, 0.05) is 12.8 Å². The van der Waals surface area contributed by atoms with Crippen LogP contribution in [0.2, 0.25) is 0 Å². The van der Waals surface area contributed by atoms with Crippen molar-refractivity contribution in [3.8, 4) is 0 Å². The Balaban J connectivity index is 3.15. The second kappa shape index (κ2) is 24.6. The van der Waals surface area contributed by atoms with E-state index < -0.39 is 0 Å². The number of hydrogen-bond donors (Lipinski definition) is 0. The van der Waals surface area contributed by atoms with Crippen LogP contribution in [0, 0.1) is 5.92 Å². The molecule has 0 bridgehead atoms. The normalized spacial score (nSPS) is 12.2. The number of carbonyl (C=O) groups excluding carboxylic acids is 2. The maximum Gasteiger partial charge on any atom is 0.129 e. The summed E-state index contributed by atoms with van der Waals surface area (Å²) in [5.41, 5.74) is 0. The molecule has 0 aromatic carbocycles. The summed E-state index contributed by atoms with van der Waals surface area (Å²) in [6.07, 6.45) is 31.0. The molecule has 2 heteroatoms. The third-order valence-corrected chi connectivity index (χ3v) is 6.49. The number of unbranched alkanes of at least 4 members (excludes halogenated alkanes) is 18. The standard InChI is InChI=1S/C28H54O2/c1-27(24-20-16-12-13-17-21-25-28(2)30)23-19-15-11-9-7-5-3-4-6-8-10-14-18-22-26-29/h26-27H,3-25H2,1-2H3. The highest BCUT2D eigenvalue weighted by atomic mass is 16.1. The van der Waals surface area contributed by atoms with E-state index in [9.17, 15) is 9.59 Å². The Morgan fingerprint density at radius 1 is 0.567 bits per heavy atom. The zero-order chi connectivity index (χ0) is 22.1. The molecule has 0 aromatic heterocycles. The fourth-order valence-electron chi connectivity index (χ4n) is 4.38. The van der Waals surface area contributed by atoms with Gasteiger partial charge in [-0.1, -0.05) is 129 Å². The lowest BCUT2D eigenvalue weighted by molar-refractivity contribution is -0.117. The average molecular weight is 423 g/mol. The molecule has 2 nitrogen and oxygen atoms in total. The van der Waals surface area contributed by atoms with Gasteiger partial charge in [0.1, 0.15) is 12.1 Å². The van der Waals surface area contributed by atoms with E-state index in [0.29, 0.717) is 5.78 Å². The molecule has 0 aliphatic rings. The van der Waals surface area contributed by atoms with Gasteiger partial charge in [0.05, 0.1) is 0 Å². The molecule has 0 rings (SSSR count). The van der Waals surface area contributed by atoms with E-state index in [0.717, 1.165) is 37.9 Å². The van der Waals surface area contributed by atoms with Crippen LogP contribution in [0.3, 0.4) is 0 Å². The zero-order valence-corrected chi connectivity index (χ0v) is 20.7. The van der Waals surface area contributed by atoms with Gasteiger partial charge in [-0.3, -0.25) is 0 Å². The summed E-state index contributed by atoms with van der Waals surface area (Å²) in [5.74, 6) is 1.25. The van der Waals surface area contributed by atoms with Gasteiger partial charge in [0.2, 0.25) is 0 Å². The predicted molar refractivity (Wildman–Crippen MR) is 132 cm³/mol. The van der Waals surface area contributed by atoms with Gasteiger partial charge in [-0.2, -0.15) is 0 Å². The highest BCUT2D eigenvalue weighted by Gasteiger charge is 2.02. The lowest BCUT2D eigenvalue weighted by atomic mass is 9.95. The maximum absolute atomic E-state index is 10.9. The number of carbonyl (C=O) groups is 2. The van der Waals surface area contributed by atoms with Crippen LogP contribution in [0.25, 0.3) is 0 Å². The quantitative estimate of drug-likeness (QED) is 0.108. The van der Waals surface area contributed by atoms with Crippen molar-refractivity contribution in [2.24, 2.45) is 5.92 Å². The largest absolute Gasteiger partial charge is 0.303 e. The summed E-state index contributed by atoms with van der Waals surface area (Å²) >= 11 is 0. The Labute approximate surface area is 189 Å². The Hall–Kier alpha value is -0.660. The van der Waals surface area contributed by atoms with Crippen molar-refractivity contribution in [1.29, 1.82) is 0 Å². The molecular formula is C28H54O2. The number of ketones is 1. The number of rotatable bonds is 25. The first kappa shape index (κ1) is 29.3. The van der Waals surface area contributed by atoms with E-state index in [2.05, 4.69) is 6.92 Å². The molecule has 1 unspecified atom stereocenters. The molecule has 0 N–H and O–H groups in total. The van der Waals surface area contributed by atoms with Gasteiger partial charge in [-0.15, -0.1) is 0 Å². The van der Waals surface area contributed by atoms with Gasteiger partial charge in [0.25, 0.3) is 0 Å². The van der Waals surface area contributed by atoms with E-state index in [1.807, 2.05) is 0 Å². The predicted octanol–water partition coefficient (Wildman–Crippen LogP) is 9.38. The second-order valence-electron chi connectivity index (χ2n) is 9.81. The van der Waals surface area contributed by atoms with E-state index >= 15 is 0 Å². The fraction of sp³-hybridized carbons (Fsp3) is 0.929. The Kier molecular flexibility index (Phi) is 24.1. The summed E-state index contributed by atoms with van der Waals surface area (Å²) in [4.78, 5) is 21.1. The monoisotopic (exact) mass is 422 g/mol. The van der Waals surface area contributed by atoms with Crippen molar-refractivity contribution < 1.29 is 9.59 Å². The molecule has 0 saturated heterocycles. The minimum Gasteiger partial charge on any atom is -0.303 e. The Morgan fingerprint density at radius 2 is 0.900 bits per heavy atom. The molecular weight excluding hydrogens is 368 g/mol. The molecule has 1 atom stereocenters. The molecule has 0 fully saturated rings. The van der Waals surface area contributed by atoms with Crippen molar-refractivity contribution in [3.05, 3.63) is 0 Å². The molecule has 0 amide bonds. The summed E-state index contributed by atoms with van der Waals surface area (Å²) in [5, 5.41) is 0. The van der Waals surface area contributed by atoms with Gasteiger partial charge in [0.15, 0.2) is 0 Å². The summed E-state index contributed by atoms with van der Waals surface area (Å²) < 4.78 is 0. The van der Waals surface area contributed by atoms with Crippen molar-refractivity contribution in [2.45, 2.75) is 162 Å². The smallest absolute Gasteiger partial charge is 0.129 e. The first-order valence-corrected chi connectivity index (χ1v) is 13.6. The molecule has 0 saturated carbocycles. The van der Waals surface area contributed by atoms with E-state index in [1.54, 1.807) is 6.92 Å². The van der Waals surface area contributed by atoms with Gasteiger partial charge in [-0.05, 0) is 25.7 Å². The van der Waals surface area contributed by atoms with Crippen LogP contribution < -0.4 is 0 Å². The third kappa shape index (κ3) is 25.4. The molecule has 0 aliphatic carbocycles. The van der Waals surface area contributed by atoms with Crippen LogP contribution in [0.1, 0.15) is 162 Å². The lowest BCUT2D eigenvalue weighted by Crippen LogP contribution is -1.95. The average Bonchev–Trinajstić information content (AvgIpc) is 2.72. The topological polar surface area (TPSA) is 34.1 Å². The first-order valence-electron chi connectivity index (χ1n) is 13.6. The van der Waals surface area contributed by atoms with Crippen LogP contribution in [-0.2, 0) is 9.59 Å². The van der Waals surface area contributed by atoms with E-state index in [-0.39, 0.29) is 0 Å². The third-order valence-electron chi connectivity index (χ3n) is 6.49. The maximum atomic E-state index is 10.9. The van der Waals surface area contributed by atoms with Crippen LogP contribution in [0.4, 0.5) is 0 Å².